The van der Waals surface area contributed by atoms with E-state index in [2.05, 4.69) is 5.32 Å². The van der Waals surface area contributed by atoms with Gasteiger partial charge in [-0.1, -0.05) is 61.9 Å². The molecule has 3 aliphatic carbocycles. The molecule has 1 N–H and O–H groups in total. The van der Waals surface area contributed by atoms with Crippen LogP contribution < -0.4 is 5.32 Å². The van der Waals surface area contributed by atoms with Gasteiger partial charge in [0.05, 0.1) is 24.0 Å². The molecule has 40 heavy (non-hydrogen) atoms. The van der Waals surface area contributed by atoms with Gasteiger partial charge in [0, 0.05) is 5.69 Å². The van der Waals surface area contributed by atoms with Crippen molar-refractivity contribution >= 4 is 52.6 Å². The van der Waals surface area contributed by atoms with Crippen LogP contribution in [0.3, 0.4) is 0 Å². The molecule has 9 heteroatoms. The summed E-state index contributed by atoms with van der Waals surface area (Å²) < 4.78 is 5.20. The second kappa shape index (κ2) is 9.75. The van der Waals surface area contributed by atoms with Gasteiger partial charge in [0.25, 0.3) is 0 Å². The molecular weight excluding hydrogens is 551 g/mol. The maximum atomic E-state index is 13.9. The van der Waals surface area contributed by atoms with E-state index in [4.69, 9.17) is 27.9 Å². The first-order chi connectivity index (χ1) is 19.2. The van der Waals surface area contributed by atoms with E-state index in [1.807, 2.05) is 55.5 Å². The lowest BCUT2D eigenvalue weighted by Gasteiger charge is -2.54. The summed E-state index contributed by atoms with van der Waals surface area (Å²) in [5.41, 5.74) is 3.58. The molecule has 7 rings (SSSR count). The number of anilines is 1. The van der Waals surface area contributed by atoms with Crippen molar-refractivity contribution < 1.29 is 23.9 Å². The number of amides is 3. The lowest BCUT2D eigenvalue weighted by Crippen LogP contribution is -2.57. The molecule has 3 aromatic carbocycles. The lowest BCUT2D eigenvalue weighted by molar-refractivity contribution is -0.142. The molecule has 7 nitrogen and oxygen atoms in total. The number of carbonyl (C=O) groups excluding carboxylic acids is 4. The number of carbonyl (C=O) groups is 4. The SMILES string of the molecule is CCCCOC(=O)c1ccc(NC(=O)CN2C(=O)[C@@H]3[C@@H](C2=O)C2(Cl)c4ccccc4C3(Cl)c3ccccc32)cc1. The fourth-order valence-electron chi connectivity index (χ4n) is 6.31. The van der Waals surface area contributed by atoms with E-state index < -0.39 is 51.8 Å². The highest BCUT2D eigenvalue weighted by atomic mass is 35.5. The molecule has 4 aliphatic rings. The topological polar surface area (TPSA) is 92.8 Å². The number of likely N-dealkylation sites (tertiary alicyclic amines) is 1. The summed E-state index contributed by atoms with van der Waals surface area (Å²) in [4.78, 5) is 51.2. The van der Waals surface area contributed by atoms with Gasteiger partial charge in [-0.3, -0.25) is 19.3 Å². The Balaban J connectivity index is 1.25. The van der Waals surface area contributed by atoms with Crippen LogP contribution in [0.4, 0.5) is 5.69 Å². The van der Waals surface area contributed by atoms with Gasteiger partial charge in [0.1, 0.15) is 16.3 Å². The zero-order valence-electron chi connectivity index (χ0n) is 21.7. The summed E-state index contributed by atoms with van der Waals surface area (Å²) >= 11 is 14.8. The van der Waals surface area contributed by atoms with Crippen LogP contribution in [0.25, 0.3) is 0 Å². The number of imide groups is 1. The van der Waals surface area contributed by atoms with Gasteiger partial charge in [-0.25, -0.2) is 4.79 Å². The number of halogens is 2. The van der Waals surface area contributed by atoms with Gasteiger partial charge >= 0.3 is 5.97 Å². The van der Waals surface area contributed by atoms with E-state index in [9.17, 15) is 19.2 Å². The Morgan fingerprint density at radius 3 is 1.75 bits per heavy atom. The molecule has 3 amide bonds. The van der Waals surface area contributed by atoms with Crippen molar-refractivity contribution in [2.45, 2.75) is 29.5 Å². The normalized spacial score (nSPS) is 25.7. The van der Waals surface area contributed by atoms with Crippen molar-refractivity contribution in [1.29, 1.82) is 0 Å². The highest BCUT2D eigenvalue weighted by Crippen LogP contribution is 2.69. The highest BCUT2D eigenvalue weighted by molar-refractivity contribution is 6.36. The molecule has 0 spiro atoms. The summed E-state index contributed by atoms with van der Waals surface area (Å²) in [7, 11) is 0. The van der Waals surface area contributed by atoms with Gasteiger partial charge in [0.2, 0.25) is 17.7 Å². The van der Waals surface area contributed by atoms with Crippen LogP contribution in [-0.2, 0) is 28.9 Å². The predicted octanol–water partition coefficient (Wildman–Crippen LogP) is 5.18. The molecule has 0 unspecified atom stereocenters. The lowest BCUT2D eigenvalue weighted by atomic mass is 9.54. The average Bonchev–Trinajstić information content (AvgIpc) is 3.22. The van der Waals surface area contributed by atoms with E-state index in [0.29, 0.717) is 40.1 Å². The van der Waals surface area contributed by atoms with Crippen molar-refractivity contribution in [2.75, 3.05) is 18.5 Å². The molecule has 1 saturated heterocycles. The fourth-order valence-corrected chi connectivity index (χ4v) is 7.40. The molecule has 0 aromatic heterocycles. The number of rotatable bonds is 7. The number of ether oxygens (including phenoxy) is 1. The summed E-state index contributed by atoms with van der Waals surface area (Å²) in [5.74, 6) is -3.99. The Kier molecular flexibility index (Phi) is 6.47. The number of nitrogens with zero attached hydrogens (tertiary/aromatic N) is 1. The Labute approximate surface area is 241 Å². The van der Waals surface area contributed by atoms with Gasteiger partial charge in [-0.05, 0) is 52.9 Å². The molecule has 2 bridgehead atoms. The summed E-state index contributed by atoms with van der Waals surface area (Å²) in [6.07, 6.45) is 1.70. The largest absolute Gasteiger partial charge is 0.462 e. The van der Waals surface area contributed by atoms with E-state index >= 15 is 0 Å². The maximum Gasteiger partial charge on any atom is 0.338 e. The smallest absolute Gasteiger partial charge is 0.338 e. The minimum absolute atomic E-state index is 0.344. The second-order valence-electron chi connectivity index (χ2n) is 10.3. The first-order valence-electron chi connectivity index (χ1n) is 13.2. The molecular formula is C31H26Cl2N2O5. The number of hydrogen-bond donors (Lipinski definition) is 1. The molecule has 1 heterocycles. The quantitative estimate of drug-likeness (QED) is 0.181. The third-order valence-corrected chi connectivity index (χ3v) is 9.40. The van der Waals surface area contributed by atoms with Crippen molar-refractivity contribution in [3.8, 4) is 0 Å². The number of esters is 1. The molecule has 2 atom stereocenters. The standard InChI is InChI=1S/C31H26Cl2N2O5/c1-2-3-16-40-29(39)18-12-14-19(15-13-18)34-24(36)17-35-27(37)25-26(28(35)38)31(33)21-9-5-4-8-20(21)30(25,32)22-10-6-7-11-23(22)31/h4-15,25-26H,2-3,16-17H2,1H3,(H,34,36)/t25-,26-,30?,31?/m0/s1. The number of benzene rings is 3. The van der Waals surface area contributed by atoms with Crippen LogP contribution in [0.1, 0.15) is 52.4 Å². The third-order valence-electron chi connectivity index (χ3n) is 8.11. The number of unbranched alkanes of at least 4 members (excludes halogenated alkanes) is 1. The van der Waals surface area contributed by atoms with Crippen molar-refractivity contribution in [1.82, 2.24) is 4.90 Å². The molecule has 0 radical (unpaired) electrons. The zero-order chi connectivity index (χ0) is 28.2. The molecule has 1 aliphatic heterocycles. The third kappa shape index (κ3) is 3.71. The number of hydrogen-bond acceptors (Lipinski definition) is 5. The van der Waals surface area contributed by atoms with Crippen molar-refractivity contribution in [3.05, 3.63) is 101 Å². The Morgan fingerprint density at radius 1 is 0.825 bits per heavy atom. The Hall–Kier alpha value is -3.68. The van der Waals surface area contributed by atoms with Crippen LogP contribution in [0.2, 0.25) is 0 Å². The van der Waals surface area contributed by atoms with Crippen LogP contribution in [0, 0.1) is 11.8 Å². The van der Waals surface area contributed by atoms with Crippen molar-refractivity contribution in [2.24, 2.45) is 11.8 Å². The average molecular weight is 577 g/mol. The summed E-state index contributed by atoms with van der Waals surface area (Å²) in [6, 6.07) is 21.0. The van der Waals surface area contributed by atoms with E-state index in [-0.39, 0.29) is 0 Å². The number of alkyl halides is 2. The minimum Gasteiger partial charge on any atom is -0.462 e. The van der Waals surface area contributed by atoms with Gasteiger partial charge < -0.3 is 10.1 Å². The van der Waals surface area contributed by atoms with Crippen LogP contribution in [0.15, 0.2) is 72.8 Å². The molecule has 3 aromatic rings. The van der Waals surface area contributed by atoms with E-state index in [1.165, 1.54) is 0 Å². The summed E-state index contributed by atoms with van der Waals surface area (Å²) in [5, 5.41) is 2.70. The second-order valence-corrected chi connectivity index (χ2v) is 11.5. The monoisotopic (exact) mass is 576 g/mol. The van der Waals surface area contributed by atoms with E-state index in [0.717, 1.165) is 17.7 Å². The van der Waals surface area contributed by atoms with E-state index in [1.54, 1.807) is 24.3 Å². The first kappa shape index (κ1) is 26.5. The number of nitrogens with one attached hydrogen (secondary N) is 1. The van der Waals surface area contributed by atoms with Crippen LogP contribution >= 0.6 is 23.2 Å². The van der Waals surface area contributed by atoms with Gasteiger partial charge in [0.15, 0.2) is 0 Å². The van der Waals surface area contributed by atoms with Crippen LogP contribution in [0.5, 0.6) is 0 Å². The van der Waals surface area contributed by atoms with Gasteiger partial charge in [-0.2, -0.15) is 0 Å². The highest BCUT2D eigenvalue weighted by Gasteiger charge is 2.73. The first-order valence-corrected chi connectivity index (χ1v) is 14.0. The Morgan fingerprint density at radius 2 is 1.30 bits per heavy atom. The molecule has 204 valence electrons. The van der Waals surface area contributed by atoms with Gasteiger partial charge in [-0.15, -0.1) is 23.2 Å². The van der Waals surface area contributed by atoms with Crippen molar-refractivity contribution in [3.63, 3.8) is 0 Å². The minimum atomic E-state index is -1.30. The molecule has 1 fully saturated rings. The molecule has 0 saturated carbocycles. The fraction of sp³-hybridized carbons (Fsp3) is 0.290. The maximum absolute atomic E-state index is 13.9. The zero-order valence-corrected chi connectivity index (χ0v) is 23.2. The van der Waals surface area contributed by atoms with Crippen LogP contribution in [-0.4, -0.2) is 41.7 Å². The predicted molar refractivity (Wildman–Crippen MR) is 150 cm³/mol. The Bertz CT molecular complexity index is 1430. The summed E-state index contributed by atoms with van der Waals surface area (Å²) in [6.45, 7) is 1.86.